The minimum Gasteiger partial charge on any atom is -0.318 e. The molecule has 3 nitrogen and oxygen atoms in total. The van der Waals surface area contributed by atoms with Gasteiger partial charge in [-0.1, -0.05) is 12.1 Å². The van der Waals surface area contributed by atoms with Crippen LogP contribution in [0, 0.1) is 0 Å². The molecule has 0 atom stereocenters. The lowest BCUT2D eigenvalue weighted by Gasteiger charge is -2.04. The molecule has 0 saturated heterocycles. The highest BCUT2D eigenvalue weighted by atomic mass is 16.1. The predicted molar refractivity (Wildman–Crippen MR) is 59.2 cm³/mol. The molecule has 0 bridgehead atoms. The van der Waals surface area contributed by atoms with Gasteiger partial charge in [0.2, 0.25) is 0 Å². The SMILES string of the molecule is CC(=O)c1cccc2c(=O)n(C)ccc12. The van der Waals surface area contributed by atoms with E-state index >= 15 is 0 Å². The van der Waals surface area contributed by atoms with Crippen molar-refractivity contribution in [3.63, 3.8) is 0 Å². The van der Waals surface area contributed by atoms with E-state index in [0.29, 0.717) is 10.9 Å². The zero-order valence-corrected chi connectivity index (χ0v) is 8.65. The molecule has 1 aromatic heterocycles. The third-order valence-electron chi connectivity index (χ3n) is 2.50. The van der Waals surface area contributed by atoms with E-state index in [0.717, 1.165) is 5.39 Å². The quantitative estimate of drug-likeness (QED) is 0.659. The molecule has 0 fully saturated rings. The fraction of sp³-hybridized carbons (Fsp3) is 0.167. The molecule has 0 saturated carbocycles. The zero-order chi connectivity index (χ0) is 11.0. The summed E-state index contributed by atoms with van der Waals surface area (Å²) in [4.78, 5) is 23.1. The lowest BCUT2D eigenvalue weighted by atomic mass is 10.0. The van der Waals surface area contributed by atoms with Crippen molar-refractivity contribution in [1.82, 2.24) is 4.57 Å². The van der Waals surface area contributed by atoms with Crippen molar-refractivity contribution in [2.75, 3.05) is 0 Å². The largest absolute Gasteiger partial charge is 0.318 e. The molecule has 0 aliphatic carbocycles. The third kappa shape index (κ3) is 1.46. The van der Waals surface area contributed by atoms with Gasteiger partial charge >= 0.3 is 0 Å². The van der Waals surface area contributed by atoms with E-state index in [2.05, 4.69) is 0 Å². The maximum absolute atomic E-state index is 11.8. The number of hydrogen-bond donors (Lipinski definition) is 0. The number of aromatic nitrogens is 1. The lowest BCUT2D eigenvalue weighted by Crippen LogP contribution is -2.16. The van der Waals surface area contributed by atoms with Crippen LogP contribution in [-0.2, 0) is 7.05 Å². The number of nitrogens with zero attached hydrogens (tertiary/aromatic N) is 1. The monoisotopic (exact) mass is 201 g/mol. The summed E-state index contributed by atoms with van der Waals surface area (Å²) in [6.45, 7) is 1.51. The van der Waals surface area contributed by atoms with Gasteiger partial charge in [-0.15, -0.1) is 0 Å². The van der Waals surface area contributed by atoms with Gasteiger partial charge in [-0.2, -0.15) is 0 Å². The average molecular weight is 201 g/mol. The smallest absolute Gasteiger partial charge is 0.258 e. The van der Waals surface area contributed by atoms with Gasteiger partial charge in [0.1, 0.15) is 0 Å². The molecule has 1 heterocycles. The van der Waals surface area contributed by atoms with E-state index in [1.54, 1.807) is 37.5 Å². The van der Waals surface area contributed by atoms with E-state index in [9.17, 15) is 9.59 Å². The summed E-state index contributed by atoms with van der Waals surface area (Å²) in [5, 5.41) is 1.32. The fourth-order valence-electron chi connectivity index (χ4n) is 1.68. The molecule has 3 heteroatoms. The molecule has 0 amide bonds. The molecule has 1 aromatic carbocycles. The minimum absolute atomic E-state index is 0.0196. The molecule has 0 aliphatic rings. The van der Waals surface area contributed by atoms with Crippen LogP contribution in [0.1, 0.15) is 17.3 Å². The topological polar surface area (TPSA) is 39.1 Å². The Kier molecular flexibility index (Phi) is 2.15. The highest BCUT2D eigenvalue weighted by Crippen LogP contribution is 2.15. The standard InChI is InChI=1S/C12H11NO2/c1-8(14)9-4-3-5-11-10(9)6-7-13(2)12(11)15/h3-7H,1-2H3. The first-order valence-electron chi connectivity index (χ1n) is 4.70. The van der Waals surface area contributed by atoms with Crippen molar-refractivity contribution < 1.29 is 4.79 Å². The fourth-order valence-corrected chi connectivity index (χ4v) is 1.68. The van der Waals surface area contributed by atoms with Crippen LogP contribution in [0.15, 0.2) is 35.3 Å². The van der Waals surface area contributed by atoms with E-state index in [4.69, 9.17) is 0 Å². The first-order chi connectivity index (χ1) is 7.11. The summed E-state index contributed by atoms with van der Waals surface area (Å²) in [6, 6.07) is 7.02. The van der Waals surface area contributed by atoms with Gasteiger partial charge < -0.3 is 4.57 Å². The van der Waals surface area contributed by atoms with E-state index < -0.39 is 0 Å². The molecule has 0 spiro atoms. The second-order valence-corrected chi connectivity index (χ2v) is 3.55. The maximum Gasteiger partial charge on any atom is 0.258 e. The van der Waals surface area contributed by atoms with Gasteiger partial charge in [-0.3, -0.25) is 9.59 Å². The normalized spacial score (nSPS) is 10.5. The summed E-state index contributed by atoms with van der Waals surface area (Å²) in [6.07, 6.45) is 1.68. The molecule has 2 rings (SSSR count). The Hall–Kier alpha value is -1.90. The molecule has 0 unspecified atom stereocenters. The molecule has 76 valence electrons. The second kappa shape index (κ2) is 3.35. The number of carbonyl (C=O) groups is 1. The van der Waals surface area contributed by atoms with E-state index in [1.807, 2.05) is 0 Å². The third-order valence-corrected chi connectivity index (χ3v) is 2.50. The van der Waals surface area contributed by atoms with Crippen LogP contribution >= 0.6 is 0 Å². The van der Waals surface area contributed by atoms with Gasteiger partial charge in [0.25, 0.3) is 5.56 Å². The summed E-state index contributed by atoms with van der Waals surface area (Å²) < 4.78 is 1.51. The van der Waals surface area contributed by atoms with Crippen LogP contribution in [0.5, 0.6) is 0 Å². The average Bonchev–Trinajstić information content (AvgIpc) is 2.23. The Morgan fingerprint density at radius 2 is 1.93 bits per heavy atom. The molecule has 0 aliphatic heterocycles. The number of pyridine rings is 1. The number of fused-ring (bicyclic) bond motifs is 1. The minimum atomic E-state index is -0.0735. The van der Waals surface area contributed by atoms with Gasteiger partial charge in [0.05, 0.1) is 0 Å². The molecular weight excluding hydrogens is 190 g/mol. The van der Waals surface area contributed by atoms with Crippen molar-refractivity contribution >= 4 is 16.6 Å². The van der Waals surface area contributed by atoms with Crippen LogP contribution in [0.4, 0.5) is 0 Å². The molecule has 0 radical (unpaired) electrons. The first-order valence-corrected chi connectivity index (χ1v) is 4.70. The Labute approximate surface area is 87.0 Å². The first kappa shape index (κ1) is 9.65. The van der Waals surface area contributed by atoms with E-state index in [1.165, 1.54) is 11.5 Å². The Balaban J connectivity index is 2.96. The van der Waals surface area contributed by atoms with Gasteiger partial charge in [0.15, 0.2) is 5.78 Å². The van der Waals surface area contributed by atoms with Crippen LogP contribution in [-0.4, -0.2) is 10.4 Å². The number of hydrogen-bond acceptors (Lipinski definition) is 2. The lowest BCUT2D eigenvalue weighted by molar-refractivity contribution is 0.101. The van der Waals surface area contributed by atoms with Crippen molar-refractivity contribution in [3.8, 4) is 0 Å². The van der Waals surface area contributed by atoms with Crippen molar-refractivity contribution in [2.45, 2.75) is 6.92 Å². The zero-order valence-electron chi connectivity index (χ0n) is 8.65. The molecule has 0 N–H and O–H groups in total. The Bertz CT molecular complexity index is 596. The predicted octanol–water partition coefficient (Wildman–Crippen LogP) is 1.74. The van der Waals surface area contributed by atoms with Crippen molar-refractivity contribution in [3.05, 3.63) is 46.4 Å². The summed E-state index contributed by atoms with van der Waals surface area (Å²) in [5.41, 5.74) is 0.529. The number of Topliss-reactive ketones (excluding diaryl/α,β-unsaturated/α-hetero) is 1. The van der Waals surface area contributed by atoms with Crippen molar-refractivity contribution in [2.24, 2.45) is 7.05 Å². The highest BCUT2D eigenvalue weighted by Gasteiger charge is 2.07. The molecular formula is C12H11NO2. The molecule has 2 aromatic rings. The Morgan fingerprint density at radius 1 is 1.20 bits per heavy atom. The maximum atomic E-state index is 11.8. The van der Waals surface area contributed by atoms with E-state index in [-0.39, 0.29) is 11.3 Å². The number of carbonyl (C=O) groups excluding carboxylic acids is 1. The van der Waals surface area contributed by atoms with Crippen LogP contribution < -0.4 is 5.56 Å². The molecule has 15 heavy (non-hydrogen) atoms. The summed E-state index contributed by atoms with van der Waals surface area (Å²) in [5.74, 6) is -0.0196. The number of aryl methyl sites for hydroxylation is 1. The van der Waals surface area contributed by atoms with Gasteiger partial charge in [-0.25, -0.2) is 0 Å². The van der Waals surface area contributed by atoms with Crippen LogP contribution in [0.25, 0.3) is 10.8 Å². The number of benzene rings is 1. The Morgan fingerprint density at radius 3 is 2.60 bits per heavy atom. The van der Waals surface area contributed by atoms with Crippen LogP contribution in [0.3, 0.4) is 0 Å². The highest BCUT2D eigenvalue weighted by molar-refractivity contribution is 6.06. The number of rotatable bonds is 1. The second-order valence-electron chi connectivity index (χ2n) is 3.55. The number of ketones is 1. The van der Waals surface area contributed by atoms with Gasteiger partial charge in [0, 0.05) is 24.2 Å². The van der Waals surface area contributed by atoms with Crippen molar-refractivity contribution in [1.29, 1.82) is 0 Å². The summed E-state index contributed by atoms with van der Waals surface area (Å²) >= 11 is 0. The van der Waals surface area contributed by atoms with Gasteiger partial charge in [-0.05, 0) is 24.4 Å². The summed E-state index contributed by atoms with van der Waals surface area (Å²) in [7, 11) is 1.70. The van der Waals surface area contributed by atoms with Crippen LogP contribution in [0.2, 0.25) is 0 Å².